The third-order valence-electron chi connectivity index (χ3n) is 5.90. The first-order valence-electron chi connectivity index (χ1n) is 7.28. The van der Waals surface area contributed by atoms with Crippen LogP contribution in [-0.2, 0) is 11.8 Å². The van der Waals surface area contributed by atoms with E-state index in [1.165, 1.54) is 11.1 Å². The number of hydrogen-bond acceptors (Lipinski definition) is 4. The fourth-order valence-corrected chi connectivity index (χ4v) is 5.24. The van der Waals surface area contributed by atoms with Crippen LogP contribution in [0.5, 0.6) is 11.5 Å². The number of allylic oxidation sites excluding steroid dienone is 1. The van der Waals surface area contributed by atoms with Crippen molar-refractivity contribution in [3.05, 3.63) is 40.3 Å². The average Bonchev–Trinajstić information content (AvgIpc) is 2.95. The summed E-state index contributed by atoms with van der Waals surface area (Å²) in [6.07, 6.45) is 7.11. The van der Waals surface area contributed by atoms with Crippen molar-refractivity contribution < 1.29 is 9.84 Å². The van der Waals surface area contributed by atoms with Crippen LogP contribution in [0.15, 0.2) is 29.5 Å². The minimum Gasteiger partial charge on any atom is -0.504 e. The largest absolute Gasteiger partial charge is 0.504 e. The van der Waals surface area contributed by atoms with Crippen molar-refractivity contribution in [3.8, 4) is 11.5 Å². The Morgan fingerprint density at radius 3 is 3.10 bits per heavy atom. The highest BCUT2D eigenvalue weighted by Gasteiger charge is 2.65. The zero-order chi connectivity index (χ0) is 13.5. The molecule has 2 bridgehead atoms. The summed E-state index contributed by atoms with van der Waals surface area (Å²) in [5.41, 5.74) is 2.33. The Kier molecular flexibility index (Phi) is 1.77. The lowest BCUT2D eigenvalue weighted by atomic mass is 9.59. The number of ether oxygens (including phenoxy) is 1. The number of benzene rings is 1. The minimum atomic E-state index is -0.442. The lowest BCUT2D eigenvalue weighted by molar-refractivity contribution is 0.0948. The van der Waals surface area contributed by atoms with Crippen molar-refractivity contribution >= 4 is 0 Å². The average molecular weight is 269 g/mol. The topological polar surface area (TPSA) is 58.9 Å². The summed E-state index contributed by atoms with van der Waals surface area (Å²) in [7, 11) is 0. The predicted molar refractivity (Wildman–Crippen MR) is 72.8 cm³/mol. The smallest absolute Gasteiger partial charge is 0.165 e. The Bertz CT molecular complexity index is 668. The maximum absolute atomic E-state index is 11.2. The molecule has 3 unspecified atom stereocenters. The van der Waals surface area contributed by atoms with E-state index in [2.05, 4.69) is 11.3 Å². The van der Waals surface area contributed by atoms with E-state index in [4.69, 9.17) is 4.74 Å². The molecule has 20 heavy (non-hydrogen) atoms. The molecule has 1 N–H and O–H groups in total. The second kappa shape index (κ2) is 3.25. The Morgan fingerprint density at radius 1 is 1.35 bits per heavy atom. The molecule has 1 aromatic rings. The lowest BCUT2D eigenvalue weighted by Crippen LogP contribution is -2.51. The van der Waals surface area contributed by atoms with Gasteiger partial charge in [0.25, 0.3) is 0 Å². The van der Waals surface area contributed by atoms with Crippen molar-refractivity contribution in [2.45, 2.75) is 36.8 Å². The highest BCUT2D eigenvalue weighted by Crippen LogP contribution is 2.66. The zero-order valence-electron chi connectivity index (χ0n) is 11.0. The maximum Gasteiger partial charge on any atom is 0.165 e. The van der Waals surface area contributed by atoms with Gasteiger partial charge in [0.05, 0.1) is 0 Å². The van der Waals surface area contributed by atoms with Crippen LogP contribution in [0.2, 0.25) is 0 Å². The van der Waals surface area contributed by atoms with Gasteiger partial charge in [-0.15, -0.1) is 0 Å². The van der Waals surface area contributed by atoms with Crippen LogP contribution in [0.3, 0.4) is 0 Å². The molecule has 1 fully saturated rings. The SMILES string of the molecule is O=N[C@H]1C=CC2C3CCC24c2c(ccc(O)c2O[C@@H]14)C3. The third-order valence-corrected chi connectivity index (χ3v) is 5.90. The van der Waals surface area contributed by atoms with Gasteiger partial charge in [-0.2, -0.15) is 4.91 Å². The third kappa shape index (κ3) is 0.961. The molecule has 4 aliphatic rings. The van der Waals surface area contributed by atoms with Crippen LogP contribution in [0.25, 0.3) is 0 Å². The molecule has 5 atom stereocenters. The van der Waals surface area contributed by atoms with Gasteiger partial charge in [0.15, 0.2) is 11.5 Å². The highest BCUT2D eigenvalue weighted by molar-refractivity contribution is 5.61. The quantitative estimate of drug-likeness (QED) is 0.630. The van der Waals surface area contributed by atoms with E-state index in [1.807, 2.05) is 12.1 Å². The fraction of sp³-hybridized carbons (Fsp3) is 0.500. The molecule has 0 radical (unpaired) electrons. The normalized spacial score (nSPS) is 42.2. The van der Waals surface area contributed by atoms with E-state index < -0.39 is 6.04 Å². The lowest BCUT2D eigenvalue weighted by Gasteiger charge is -2.43. The second-order valence-electron chi connectivity index (χ2n) is 6.54. The monoisotopic (exact) mass is 269 g/mol. The summed E-state index contributed by atoms with van der Waals surface area (Å²) < 4.78 is 6.06. The Balaban J connectivity index is 1.85. The van der Waals surface area contributed by atoms with E-state index in [9.17, 15) is 10.0 Å². The van der Waals surface area contributed by atoms with E-state index in [1.54, 1.807) is 6.07 Å². The van der Waals surface area contributed by atoms with Crippen molar-refractivity contribution in [2.75, 3.05) is 0 Å². The van der Waals surface area contributed by atoms with Gasteiger partial charge in [0, 0.05) is 11.0 Å². The maximum atomic E-state index is 11.2. The summed E-state index contributed by atoms with van der Waals surface area (Å²) in [5.74, 6) is 1.87. The summed E-state index contributed by atoms with van der Waals surface area (Å²) in [6, 6.07) is 3.30. The van der Waals surface area contributed by atoms with Crippen molar-refractivity contribution in [1.29, 1.82) is 0 Å². The Hall–Kier alpha value is -1.84. The molecule has 1 aliphatic heterocycles. The summed E-state index contributed by atoms with van der Waals surface area (Å²) in [6.45, 7) is 0. The number of nitroso groups, excluding NO2 is 1. The van der Waals surface area contributed by atoms with Gasteiger partial charge in [-0.1, -0.05) is 23.4 Å². The molecule has 1 aromatic carbocycles. The number of hydrogen-bond donors (Lipinski definition) is 1. The van der Waals surface area contributed by atoms with E-state index in [0.717, 1.165) is 19.3 Å². The molecule has 1 heterocycles. The van der Waals surface area contributed by atoms with Crippen molar-refractivity contribution in [1.82, 2.24) is 0 Å². The van der Waals surface area contributed by atoms with Crippen LogP contribution in [-0.4, -0.2) is 17.3 Å². The van der Waals surface area contributed by atoms with Crippen LogP contribution in [0, 0.1) is 16.7 Å². The Morgan fingerprint density at radius 2 is 2.25 bits per heavy atom. The standard InChI is InChI=1S/C16H15NO3/c18-12-4-1-9-7-8-5-6-16-10(8)2-3-11(17-19)15(16)20-14(12)13(9)16/h1-4,8,10-11,15,18H,5-7H2/t8?,10?,11-,15-,16?/m0/s1. The van der Waals surface area contributed by atoms with Crippen LogP contribution < -0.4 is 4.74 Å². The molecule has 1 spiro atoms. The predicted octanol–water partition coefficient (Wildman–Crippen LogP) is 2.68. The molecule has 1 saturated carbocycles. The summed E-state index contributed by atoms with van der Waals surface area (Å²) in [5, 5.41) is 13.4. The molecule has 102 valence electrons. The van der Waals surface area contributed by atoms with Gasteiger partial charge in [-0.3, -0.25) is 0 Å². The number of aromatic hydroxyl groups is 1. The van der Waals surface area contributed by atoms with Gasteiger partial charge in [-0.05, 0) is 42.7 Å². The summed E-state index contributed by atoms with van der Waals surface area (Å²) in [4.78, 5) is 11.2. The molecule has 3 aliphatic carbocycles. The van der Waals surface area contributed by atoms with Gasteiger partial charge in [0.1, 0.15) is 12.1 Å². The molecule has 0 amide bonds. The first kappa shape index (κ1) is 10.9. The van der Waals surface area contributed by atoms with Crippen molar-refractivity contribution in [3.63, 3.8) is 0 Å². The Labute approximate surface area is 116 Å². The number of phenols is 1. The van der Waals surface area contributed by atoms with E-state index in [-0.39, 0.29) is 17.3 Å². The molecular weight excluding hydrogens is 254 g/mol. The van der Waals surface area contributed by atoms with E-state index in [0.29, 0.717) is 17.6 Å². The molecular formula is C16H15NO3. The molecule has 0 aromatic heterocycles. The molecule has 4 nitrogen and oxygen atoms in total. The van der Waals surface area contributed by atoms with Crippen LogP contribution >= 0.6 is 0 Å². The van der Waals surface area contributed by atoms with Gasteiger partial charge in [-0.25, -0.2) is 0 Å². The van der Waals surface area contributed by atoms with Gasteiger partial charge < -0.3 is 9.84 Å². The minimum absolute atomic E-state index is 0.125. The van der Waals surface area contributed by atoms with Crippen LogP contribution in [0.1, 0.15) is 24.0 Å². The second-order valence-corrected chi connectivity index (χ2v) is 6.54. The van der Waals surface area contributed by atoms with Gasteiger partial charge >= 0.3 is 0 Å². The molecule has 5 rings (SSSR count). The van der Waals surface area contributed by atoms with Gasteiger partial charge in [0.2, 0.25) is 0 Å². The van der Waals surface area contributed by atoms with Crippen molar-refractivity contribution in [2.24, 2.45) is 17.0 Å². The summed E-state index contributed by atoms with van der Waals surface area (Å²) >= 11 is 0. The number of phenolic OH excluding ortho intramolecular Hbond substituents is 1. The first-order chi connectivity index (χ1) is 9.75. The molecule has 4 heteroatoms. The van der Waals surface area contributed by atoms with E-state index >= 15 is 0 Å². The van der Waals surface area contributed by atoms with Crippen LogP contribution in [0.4, 0.5) is 0 Å². The fourth-order valence-electron chi connectivity index (χ4n) is 5.24. The first-order valence-corrected chi connectivity index (χ1v) is 7.28. The number of nitrogens with zero attached hydrogens (tertiary/aromatic N) is 1. The highest BCUT2D eigenvalue weighted by atomic mass is 16.5. The zero-order valence-corrected chi connectivity index (χ0v) is 11.0. The number of rotatable bonds is 1. The molecule has 0 saturated heterocycles.